The topological polar surface area (TPSA) is 38.9 Å². The van der Waals surface area contributed by atoms with E-state index in [1.807, 2.05) is 30.5 Å². The maximum absolute atomic E-state index is 5.90. The van der Waals surface area contributed by atoms with E-state index >= 15 is 0 Å². The predicted octanol–water partition coefficient (Wildman–Crippen LogP) is 3.79. The molecule has 0 aliphatic heterocycles. The molecule has 3 rings (SSSR count). The average Bonchev–Trinajstić information content (AvgIpc) is 2.37. The van der Waals surface area contributed by atoms with Gasteiger partial charge in [-0.3, -0.25) is 4.98 Å². The molecule has 0 unspecified atom stereocenters. The number of anilines is 1. The lowest BCUT2D eigenvalue weighted by atomic mass is 10.0. The summed E-state index contributed by atoms with van der Waals surface area (Å²) in [5.74, 6) is 0. The number of hydrogen-bond acceptors (Lipinski definition) is 2. The van der Waals surface area contributed by atoms with Gasteiger partial charge in [-0.25, -0.2) is 0 Å². The fourth-order valence-electron chi connectivity index (χ4n) is 2.23. The zero-order valence-corrected chi connectivity index (χ0v) is 10.2. The second-order valence-electron chi connectivity index (χ2n) is 4.54. The van der Waals surface area contributed by atoms with Crippen LogP contribution >= 0.6 is 0 Å². The Balaban J connectivity index is 2.19. The van der Waals surface area contributed by atoms with Crippen LogP contribution in [-0.2, 0) is 0 Å². The molecule has 0 spiro atoms. The minimum absolute atomic E-state index is 0.802. The Kier molecular flexibility index (Phi) is 2.49. The molecule has 0 fully saturated rings. The first kappa shape index (κ1) is 10.8. The standard InChI is InChI=1S/C16H14N2/c1-11-7-14(10-15(17)8-11)12-4-5-16-13(9-12)3-2-6-18-16/h2-10H,17H2,1H3. The smallest absolute Gasteiger partial charge is 0.0702 e. The maximum Gasteiger partial charge on any atom is 0.0702 e. The Bertz CT molecular complexity index is 697. The molecule has 18 heavy (non-hydrogen) atoms. The number of aryl methyl sites for hydroxylation is 1. The van der Waals surface area contributed by atoms with Crippen molar-refractivity contribution >= 4 is 16.6 Å². The van der Waals surface area contributed by atoms with Crippen LogP contribution < -0.4 is 5.73 Å². The summed E-state index contributed by atoms with van der Waals surface area (Å²) >= 11 is 0. The molecular formula is C16H14N2. The lowest BCUT2D eigenvalue weighted by Gasteiger charge is -2.06. The summed E-state index contributed by atoms with van der Waals surface area (Å²) in [4.78, 5) is 4.33. The summed E-state index contributed by atoms with van der Waals surface area (Å²) in [6.45, 7) is 2.06. The van der Waals surface area contributed by atoms with Crippen molar-refractivity contribution in [3.8, 4) is 11.1 Å². The summed E-state index contributed by atoms with van der Waals surface area (Å²) in [7, 11) is 0. The molecular weight excluding hydrogens is 220 g/mol. The molecule has 0 atom stereocenters. The number of rotatable bonds is 1. The van der Waals surface area contributed by atoms with Gasteiger partial charge in [0.2, 0.25) is 0 Å². The van der Waals surface area contributed by atoms with Crippen LogP contribution in [0.25, 0.3) is 22.0 Å². The number of benzene rings is 2. The van der Waals surface area contributed by atoms with Crippen LogP contribution in [0, 0.1) is 6.92 Å². The number of nitrogen functional groups attached to an aromatic ring is 1. The molecule has 2 aromatic carbocycles. The zero-order valence-electron chi connectivity index (χ0n) is 10.2. The minimum Gasteiger partial charge on any atom is -0.399 e. The van der Waals surface area contributed by atoms with Gasteiger partial charge in [-0.15, -0.1) is 0 Å². The van der Waals surface area contributed by atoms with Gasteiger partial charge in [-0.2, -0.15) is 0 Å². The van der Waals surface area contributed by atoms with Gasteiger partial charge in [-0.05, 0) is 53.9 Å². The molecule has 2 N–H and O–H groups in total. The van der Waals surface area contributed by atoms with Crippen molar-refractivity contribution in [1.29, 1.82) is 0 Å². The molecule has 2 nitrogen and oxygen atoms in total. The van der Waals surface area contributed by atoms with Gasteiger partial charge >= 0.3 is 0 Å². The normalized spacial score (nSPS) is 10.7. The number of fused-ring (bicyclic) bond motifs is 1. The first-order valence-corrected chi connectivity index (χ1v) is 5.95. The van der Waals surface area contributed by atoms with Crippen LogP contribution in [0.4, 0.5) is 5.69 Å². The van der Waals surface area contributed by atoms with Gasteiger partial charge in [0.05, 0.1) is 5.52 Å². The highest BCUT2D eigenvalue weighted by molar-refractivity contribution is 5.84. The Morgan fingerprint density at radius 2 is 1.83 bits per heavy atom. The molecule has 1 heterocycles. The Morgan fingerprint density at radius 1 is 0.944 bits per heavy atom. The average molecular weight is 234 g/mol. The van der Waals surface area contributed by atoms with Gasteiger partial charge in [0.1, 0.15) is 0 Å². The Morgan fingerprint density at radius 3 is 2.67 bits per heavy atom. The predicted molar refractivity (Wildman–Crippen MR) is 76.3 cm³/mol. The highest BCUT2D eigenvalue weighted by Crippen LogP contribution is 2.26. The van der Waals surface area contributed by atoms with Crippen molar-refractivity contribution in [2.75, 3.05) is 5.73 Å². The molecule has 0 saturated heterocycles. The largest absolute Gasteiger partial charge is 0.399 e. The van der Waals surface area contributed by atoms with Gasteiger partial charge in [0, 0.05) is 17.3 Å². The van der Waals surface area contributed by atoms with Crippen molar-refractivity contribution in [3.63, 3.8) is 0 Å². The second-order valence-corrected chi connectivity index (χ2v) is 4.54. The monoisotopic (exact) mass is 234 g/mol. The van der Waals surface area contributed by atoms with E-state index in [4.69, 9.17) is 5.73 Å². The molecule has 88 valence electrons. The molecule has 3 aromatic rings. The molecule has 0 radical (unpaired) electrons. The van der Waals surface area contributed by atoms with Crippen molar-refractivity contribution in [3.05, 3.63) is 60.3 Å². The summed E-state index contributed by atoms with van der Waals surface area (Å²) < 4.78 is 0. The van der Waals surface area contributed by atoms with E-state index < -0.39 is 0 Å². The highest BCUT2D eigenvalue weighted by atomic mass is 14.6. The fourth-order valence-corrected chi connectivity index (χ4v) is 2.23. The summed E-state index contributed by atoms with van der Waals surface area (Å²) in [6.07, 6.45) is 1.81. The van der Waals surface area contributed by atoms with Crippen molar-refractivity contribution in [2.45, 2.75) is 6.92 Å². The highest BCUT2D eigenvalue weighted by Gasteiger charge is 2.02. The third kappa shape index (κ3) is 1.93. The first-order chi connectivity index (χ1) is 8.72. The number of nitrogens with two attached hydrogens (primary N) is 1. The second kappa shape index (κ2) is 4.15. The fraction of sp³-hybridized carbons (Fsp3) is 0.0625. The quantitative estimate of drug-likeness (QED) is 0.650. The van der Waals surface area contributed by atoms with Gasteiger partial charge in [-0.1, -0.05) is 18.2 Å². The van der Waals surface area contributed by atoms with Crippen LogP contribution in [0.1, 0.15) is 5.56 Å². The Labute approximate surface area is 106 Å². The van der Waals surface area contributed by atoms with Crippen molar-refractivity contribution in [2.24, 2.45) is 0 Å². The van der Waals surface area contributed by atoms with Crippen LogP contribution in [0.3, 0.4) is 0 Å². The Hall–Kier alpha value is -2.35. The SMILES string of the molecule is Cc1cc(N)cc(-c2ccc3ncccc3c2)c1. The summed E-state index contributed by atoms with van der Waals surface area (Å²) in [6, 6.07) is 16.4. The lowest BCUT2D eigenvalue weighted by molar-refractivity contribution is 1.41. The third-order valence-corrected chi connectivity index (χ3v) is 3.04. The summed E-state index contributed by atoms with van der Waals surface area (Å²) in [5.41, 5.74) is 11.2. The summed E-state index contributed by atoms with van der Waals surface area (Å²) in [5, 5.41) is 1.15. The molecule has 0 saturated carbocycles. The van der Waals surface area contributed by atoms with E-state index in [2.05, 4.69) is 36.2 Å². The van der Waals surface area contributed by atoms with Gasteiger partial charge in [0.15, 0.2) is 0 Å². The van der Waals surface area contributed by atoms with Gasteiger partial charge < -0.3 is 5.73 Å². The number of nitrogens with zero attached hydrogens (tertiary/aromatic N) is 1. The van der Waals surface area contributed by atoms with Gasteiger partial charge in [0.25, 0.3) is 0 Å². The lowest BCUT2D eigenvalue weighted by Crippen LogP contribution is -1.88. The first-order valence-electron chi connectivity index (χ1n) is 5.95. The zero-order chi connectivity index (χ0) is 12.5. The van der Waals surface area contributed by atoms with E-state index in [0.717, 1.165) is 22.2 Å². The van der Waals surface area contributed by atoms with E-state index in [-0.39, 0.29) is 0 Å². The molecule has 0 amide bonds. The molecule has 1 aromatic heterocycles. The minimum atomic E-state index is 0.802. The van der Waals surface area contributed by atoms with Crippen LogP contribution in [0.2, 0.25) is 0 Å². The number of pyridine rings is 1. The van der Waals surface area contributed by atoms with E-state index in [9.17, 15) is 0 Å². The molecule has 0 aliphatic rings. The van der Waals surface area contributed by atoms with Crippen molar-refractivity contribution < 1.29 is 0 Å². The van der Waals surface area contributed by atoms with Crippen LogP contribution in [-0.4, -0.2) is 4.98 Å². The molecule has 0 bridgehead atoms. The van der Waals surface area contributed by atoms with Crippen LogP contribution in [0.15, 0.2) is 54.7 Å². The maximum atomic E-state index is 5.90. The van der Waals surface area contributed by atoms with E-state index in [1.165, 1.54) is 11.1 Å². The molecule has 2 heteroatoms. The van der Waals surface area contributed by atoms with Crippen LogP contribution in [0.5, 0.6) is 0 Å². The number of aromatic nitrogens is 1. The third-order valence-electron chi connectivity index (χ3n) is 3.04. The molecule has 0 aliphatic carbocycles. The number of hydrogen-bond donors (Lipinski definition) is 1. The van der Waals surface area contributed by atoms with E-state index in [1.54, 1.807) is 0 Å². The van der Waals surface area contributed by atoms with E-state index in [0.29, 0.717) is 0 Å². The van der Waals surface area contributed by atoms with Crippen molar-refractivity contribution in [1.82, 2.24) is 4.98 Å².